The first kappa shape index (κ1) is 14.3. The molecule has 21 heavy (non-hydrogen) atoms. The van der Waals surface area contributed by atoms with Crippen molar-refractivity contribution in [2.45, 2.75) is 11.0 Å². The lowest BCUT2D eigenvalue weighted by Crippen LogP contribution is -2.02. The first-order valence-electron chi connectivity index (χ1n) is 6.13. The smallest absolute Gasteiger partial charge is 0.277 e. The van der Waals surface area contributed by atoms with E-state index < -0.39 is 0 Å². The van der Waals surface area contributed by atoms with Crippen molar-refractivity contribution in [2.75, 3.05) is 18.8 Å². The lowest BCUT2D eigenvalue weighted by Gasteiger charge is -2.01. The van der Waals surface area contributed by atoms with E-state index in [-0.39, 0.29) is 18.3 Å². The number of carbonyl (C=O) groups is 1. The van der Waals surface area contributed by atoms with Gasteiger partial charge in [-0.3, -0.25) is 4.79 Å². The fourth-order valence-corrected chi connectivity index (χ4v) is 2.80. The minimum atomic E-state index is -0.0251. The highest BCUT2D eigenvalue weighted by atomic mass is 32.2. The molecule has 0 fully saturated rings. The number of carbonyl (C=O) groups excluding carboxylic acids is 1. The molecule has 0 N–H and O–H groups in total. The van der Waals surface area contributed by atoms with Gasteiger partial charge in [-0.15, -0.1) is 10.2 Å². The molecular formula is C13H12N2O4S2. The summed E-state index contributed by atoms with van der Waals surface area (Å²) in [6.07, 6.45) is 1.96. The molecule has 0 radical (unpaired) electrons. The van der Waals surface area contributed by atoms with Gasteiger partial charge in [-0.25, -0.2) is 0 Å². The van der Waals surface area contributed by atoms with E-state index in [1.807, 2.05) is 6.26 Å². The molecule has 3 rings (SSSR count). The van der Waals surface area contributed by atoms with Crippen molar-refractivity contribution in [3.05, 3.63) is 29.7 Å². The summed E-state index contributed by atoms with van der Waals surface area (Å²) in [5.74, 6) is 2.72. The highest BCUT2D eigenvalue weighted by Crippen LogP contribution is 2.33. The number of ether oxygens (including phenoxy) is 2. The molecule has 110 valence electrons. The average Bonchev–Trinajstić information content (AvgIpc) is 3.13. The van der Waals surface area contributed by atoms with Crippen LogP contribution >= 0.6 is 23.5 Å². The third kappa shape index (κ3) is 3.33. The minimum absolute atomic E-state index is 0.0251. The molecular weight excluding hydrogens is 312 g/mol. The van der Waals surface area contributed by atoms with Crippen LogP contribution in [-0.4, -0.2) is 34.8 Å². The molecule has 1 aromatic carbocycles. The summed E-state index contributed by atoms with van der Waals surface area (Å²) in [5, 5.41) is 8.20. The maximum Gasteiger partial charge on any atom is 0.277 e. The summed E-state index contributed by atoms with van der Waals surface area (Å²) >= 11 is 2.83. The summed E-state index contributed by atoms with van der Waals surface area (Å²) in [6, 6.07) is 5.16. The van der Waals surface area contributed by atoms with Gasteiger partial charge in [0.15, 0.2) is 17.3 Å². The van der Waals surface area contributed by atoms with Gasteiger partial charge in [0.2, 0.25) is 12.7 Å². The normalized spacial score (nSPS) is 12.6. The van der Waals surface area contributed by atoms with Crippen molar-refractivity contribution in [3.8, 4) is 11.5 Å². The lowest BCUT2D eigenvalue weighted by molar-refractivity contribution is 0.102. The number of aromatic nitrogens is 2. The monoisotopic (exact) mass is 324 g/mol. The number of thioether (sulfide) groups is 2. The largest absolute Gasteiger partial charge is 0.454 e. The number of nitrogens with zero attached hydrogens (tertiary/aromatic N) is 2. The minimum Gasteiger partial charge on any atom is -0.454 e. The van der Waals surface area contributed by atoms with Crippen LogP contribution in [0.1, 0.15) is 16.2 Å². The SMILES string of the molecule is CSCc1nnc(SCC(=O)c2ccc3c(c2)OCO3)o1. The molecule has 1 aromatic heterocycles. The Morgan fingerprint density at radius 3 is 3.00 bits per heavy atom. The molecule has 0 amide bonds. The number of hydrogen-bond donors (Lipinski definition) is 0. The van der Waals surface area contributed by atoms with Crippen molar-refractivity contribution in [3.63, 3.8) is 0 Å². The van der Waals surface area contributed by atoms with Gasteiger partial charge < -0.3 is 13.9 Å². The van der Waals surface area contributed by atoms with E-state index in [0.717, 1.165) is 0 Å². The highest BCUT2D eigenvalue weighted by Gasteiger charge is 2.17. The molecule has 1 aliphatic rings. The van der Waals surface area contributed by atoms with Crippen LogP contribution in [0.5, 0.6) is 11.5 Å². The van der Waals surface area contributed by atoms with E-state index in [9.17, 15) is 4.79 Å². The highest BCUT2D eigenvalue weighted by molar-refractivity contribution is 7.99. The van der Waals surface area contributed by atoms with Gasteiger partial charge in [0.25, 0.3) is 5.22 Å². The van der Waals surface area contributed by atoms with Gasteiger partial charge in [0.05, 0.1) is 11.5 Å². The van der Waals surface area contributed by atoms with Gasteiger partial charge in [-0.2, -0.15) is 11.8 Å². The van der Waals surface area contributed by atoms with Crippen LogP contribution in [0.25, 0.3) is 0 Å². The van der Waals surface area contributed by atoms with Crippen LogP contribution in [-0.2, 0) is 5.75 Å². The van der Waals surface area contributed by atoms with Crippen LogP contribution in [0.15, 0.2) is 27.8 Å². The number of hydrogen-bond acceptors (Lipinski definition) is 8. The third-order valence-corrected chi connectivity index (χ3v) is 4.09. The van der Waals surface area contributed by atoms with Crippen LogP contribution < -0.4 is 9.47 Å². The Bertz CT molecular complexity index is 659. The maximum absolute atomic E-state index is 12.1. The molecule has 0 atom stereocenters. The molecule has 0 saturated heterocycles. The molecule has 0 unspecified atom stereocenters. The molecule has 2 heterocycles. The first-order valence-corrected chi connectivity index (χ1v) is 8.51. The van der Waals surface area contributed by atoms with E-state index in [1.165, 1.54) is 11.8 Å². The summed E-state index contributed by atoms with van der Waals surface area (Å²) in [4.78, 5) is 12.1. The molecule has 0 bridgehead atoms. The van der Waals surface area contributed by atoms with Crippen molar-refractivity contribution in [1.82, 2.24) is 10.2 Å². The quantitative estimate of drug-likeness (QED) is 0.593. The fraction of sp³-hybridized carbons (Fsp3) is 0.308. The Labute approximate surface area is 129 Å². The molecule has 8 heteroatoms. The van der Waals surface area contributed by atoms with E-state index in [1.54, 1.807) is 30.0 Å². The van der Waals surface area contributed by atoms with Gasteiger partial charge in [-0.05, 0) is 24.5 Å². The molecule has 0 spiro atoms. The van der Waals surface area contributed by atoms with E-state index in [0.29, 0.717) is 33.9 Å². The zero-order valence-corrected chi connectivity index (χ0v) is 12.8. The lowest BCUT2D eigenvalue weighted by atomic mass is 10.1. The van der Waals surface area contributed by atoms with Crippen LogP contribution in [0, 0.1) is 0 Å². The summed E-state index contributed by atoms with van der Waals surface area (Å²) in [7, 11) is 0. The number of benzene rings is 1. The predicted octanol–water partition coefficient (Wildman–Crippen LogP) is 2.64. The Kier molecular flexibility index (Phi) is 4.35. The second-order valence-corrected chi connectivity index (χ2v) is 5.97. The number of Topliss-reactive ketones (excluding diaryl/α,β-unsaturated/α-hetero) is 1. The van der Waals surface area contributed by atoms with Crippen molar-refractivity contribution < 1.29 is 18.7 Å². The zero-order valence-electron chi connectivity index (χ0n) is 11.2. The van der Waals surface area contributed by atoms with Gasteiger partial charge in [0, 0.05) is 5.56 Å². The number of ketones is 1. The molecule has 6 nitrogen and oxygen atoms in total. The molecule has 2 aromatic rings. The maximum atomic E-state index is 12.1. The Morgan fingerprint density at radius 1 is 1.29 bits per heavy atom. The van der Waals surface area contributed by atoms with Gasteiger partial charge >= 0.3 is 0 Å². The zero-order chi connectivity index (χ0) is 14.7. The predicted molar refractivity (Wildman–Crippen MR) is 79.1 cm³/mol. The average molecular weight is 324 g/mol. The summed E-state index contributed by atoms with van der Waals surface area (Å²) in [5.41, 5.74) is 0.579. The van der Waals surface area contributed by atoms with Crippen LogP contribution in [0.2, 0.25) is 0 Å². The second-order valence-electron chi connectivity index (χ2n) is 4.17. The van der Waals surface area contributed by atoms with Crippen molar-refractivity contribution >= 4 is 29.3 Å². The van der Waals surface area contributed by atoms with Crippen LogP contribution in [0.4, 0.5) is 0 Å². The van der Waals surface area contributed by atoms with Gasteiger partial charge in [0.1, 0.15) is 0 Å². The topological polar surface area (TPSA) is 74.5 Å². The Balaban J connectivity index is 1.60. The van der Waals surface area contributed by atoms with E-state index in [4.69, 9.17) is 13.9 Å². The van der Waals surface area contributed by atoms with Crippen molar-refractivity contribution in [1.29, 1.82) is 0 Å². The second kappa shape index (κ2) is 6.40. The third-order valence-electron chi connectivity index (χ3n) is 2.74. The van der Waals surface area contributed by atoms with E-state index >= 15 is 0 Å². The Morgan fingerprint density at radius 2 is 2.14 bits per heavy atom. The van der Waals surface area contributed by atoms with Crippen LogP contribution in [0.3, 0.4) is 0 Å². The molecule has 0 saturated carbocycles. The standard InChI is InChI=1S/C13H12N2O4S2/c1-20-6-12-14-15-13(19-12)21-5-9(16)8-2-3-10-11(4-8)18-7-17-10/h2-4H,5-7H2,1H3. The summed E-state index contributed by atoms with van der Waals surface area (Å²) in [6.45, 7) is 0.196. The number of fused-ring (bicyclic) bond motifs is 1. The first-order chi connectivity index (χ1) is 10.3. The van der Waals surface area contributed by atoms with E-state index in [2.05, 4.69) is 10.2 Å². The summed E-state index contributed by atoms with van der Waals surface area (Å²) < 4.78 is 15.9. The van der Waals surface area contributed by atoms with Gasteiger partial charge in [-0.1, -0.05) is 11.8 Å². The van der Waals surface area contributed by atoms with Crippen molar-refractivity contribution in [2.24, 2.45) is 0 Å². The number of rotatable bonds is 6. The Hall–Kier alpha value is -1.67. The molecule has 1 aliphatic heterocycles. The molecule has 0 aliphatic carbocycles. The fourth-order valence-electron chi connectivity index (χ4n) is 1.76.